The highest BCUT2D eigenvalue weighted by atomic mass is 35.5. The minimum Gasteiger partial charge on any atom is -0.398 e. The number of rotatable bonds is 2. The predicted octanol–water partition coefficient (Wildman–Crippen LogP) is 4.20. The number of nitrogens with two attached hydrogens (primary N) is 1. The largest absolute Gasteiger partial charge is 0.398 e. The van der Waals surface area contributed by atoms with E-state index in [0.717, 1.165) is 31.2 Å². The molecule has 2 heterocycles. The van der Waals surface area contributed by atoms with Crippen LogP contribution >= 0.6 is 11.6 Å². The molecule has 0 radical (unpaired) electrons. The number of nitrogens with one attached hydrogen (secondary N) is 1. The molecule has 1 saturated carbocycles. The van der Waals surface area contributed by atoms with Crippen LogP contribution in [0.1, 0.15) is 41.6 Å². The summed E-state index contributed by atoms with van der Waals surface area (Å²) in [6.07, 6.45) is 4.79. The first kappa shape index (κ1) is 20.4. The number of amides is 1. The molecule has 1 amide bonds. The Morgan fingerprint density at radius 1 is 1.37 bits per heavy atom. The Bertz CT molecular complexity index is 1070. The van der Waals surface area contributed by atoms with Gasteiger partial charge in [-0.25, -0.2) is 9.37 Å². The SMILES string of the molecule is CN(C)C(=O)c1c(N)ccc(-c2cnc3c(c2Cl)C2(CCC(C#N)CC2)CN3)c1F. The lowest BCUT2D eigenvalue weighted by atomic mass is 9.68. The van der Waals surface area contributed by atoms with Crippen molar-refractivity contribution >= 4 is 29.0 Å². The van der Waals surface area contributed by atoms with Crippen LogP contribution in [-0.2, 0) is 5.41 Å². The first-order valence-electron chi connectivity index (χ1n) is 9.91. The quantitative estimate of drug-likeness (QED) is 0.700. The topological polar surface area (TPSA) is 95.0 Å². The number of hydrogen-bond donors (Lipinski definition) is 2. The molecule has 1 aromatic carbocycles. The maximum Gasteiger partial charge on any atom is 0.258 e. The smallest absolute Gasteiger partial charge is 0.258 e. The number of carbonyl (C=O) groups excluding carboxylic acids is 1. The van der Waals surface area contributed by atoms with E-state index in [4.69, 9.17) is 17.3 Å². The molecule has 1 aromatic heterocycles. The highest BCUT2D eigenvalue weighted by Gasteiger charge is 2.44. The Balaban J connectivity index is 1.83. The molecular formula is C22H23ClFN5O. The molecule has 1 aliphatic carbocycles. The van der Waals surface area contributed by atoms with Crippen molar-refractivity contribution in [3.8, 4) is 17.2 Å². The summed E-state index contributed by atoms with van der Waals surface area (Å²) >= 11 is 6.85. The van der Waals surface area contributed by atoms with Gasteiger partial charge in [0.25, 0.3) is 5.91 Å². The minimum atomic E-state index is -0.703. The maximum absolute atomic E-state index is 15.4. The average Bonchev–Trinajstić information content (AvgIpc) is 3.08. The summed E-state index contributed by atoms with van der Waals surface area (Å²) in [5.41, 5.74) is 7.11. The van der Waals surface area contributed by atoms with Gasteiger partial charge in [0.1, 0.15) is 11.6 Å². The van der Waals surface area contributed by atoms with Crippen LogP contribution in [0.5, 0.6) is 0 Å². The van der Waals surface area contributed by atoms with Gasteiger partial charge in [0.05, 0.1) is 16.7 Å². The second kappa shape index (κ2) is 7.44. The number of halogens is 2. The van der Waals surface area contributed by atoms with Crippen molar-refractivity contribution in [2.45, 2.75) is 31.1 Å². The van der Waals surface area contributed by atoms with Gasteiger partial charge >= 0.3 is 0 Å². The third-order valence-electron chi connectivity index (χ3n) is 6.35. The number of fused-ring (bicyclic) bond motifs is 2. The van der Waals surface area contributed by atoms with Crippen LogP contribution in [0.4, 0.5) is 15.9 Å². The van der Waals surface area contributed by atoms with Crippen LogP contribution in [-0.4, -0.2) is 36.4 Å². The van der Waals surface area contributed by atoms with Gasteiger partial charge in [-0.05, 0) is 37.8 Å². The molecule has 0 atom stereocenters. The molecule has 0 saturated heterocycles. The normalized spacial score (nSPS) is 22.3. The highest BCUT2D eigenvalue weighted by Crippen LogP contribution is 2.51. The van der Waals surface area contributed by atoms with Crippen molar-refractivity contribution in [3.63, 3.8) is 0 Å². The fraction of sp³-hybridized carbons (Fsp3) is 0.409. The Hall–Kier alpha value is -2.85. The zero-order valence-electron chi connectivity index (χ0n) is 16.9. The summed E-state index contributed by atoms with van der Waals surface area (Å²) in [7, 11) is 3.09. The number of aromatic nitrogens is 1. The number of hydrogen-bond acceptors (Lipinski definition) is 5. The standard InChI is InChI=1S/C22H23ClFN5O/c1-29(2)21(30)16-15(26)4-3-13(19(16)24)14-10-27-20-17(18(14)23)22(11-28-20)7-5-12(9-25)6-8-22/h3-4,10,12H,5-8,11,26H2,1-2H3,(H,27,28). The van der Waals surface area contributed by atoms with Crippen LogP contribution in [0.25, 0.3) is 11.1 Å². The molecule has 2 aromatic rings. The summed E-state index contributed by atoms with van der Waals surface area (Å²) < 4.78 is 15.4. The number of nitriles is 1. The summed E-state index contributed by atoms with van der Waals surface area (Å²) in [5, 5.41) is 13.0. The lowest BCUT2D eigenvalue weighted by Crippen LogP contribution is -2.33. The zero-order chi connectivity index (χ0) is 21.6. The summed E-state index contributed by atoms with van der Waals surface area (Å²) in [5.74, 6) is -0.445. The first-order chi connectivity index (χ1) is 14.3. The van der Waals surface area contributed by atoms with E-state index >= 15 is 4.39 Å². The van der Waals surface area contributed by atoms with Gasteiger partial charge in [-0.1, -0.05) is 11.6 Å². The van der Waals surface area contributed by atoms with Crippen molar-refractivity contribution in [1.29, 1.82) is 5.26 Å². The molecule has 3 N–H and O–H groups in total. The number of carbonyl (C=O) groups is 1. The van der Waals surface area contributed by atoms with Crippen LogP contribution in [0.3, 0.4) is 0 Å². The number of nitrogens with zero attached hydrogens (tertiary/aromatic N) is 3. The first-order valence-corrected chi connectivity index (χ1v) is 10.3. The van der Waals surface area contributed by atoms with Gasteiger partial charge in [-0.2, -0.15) is 5.26 Å². The van der Waals surface area contributed by atoms with Crippen molar-refractivity contribution in [2.75, 3.05) is 31.7 Å². The molecule has 30 heavy (non-hydrogen) atoms. The minimum absolute atomic E-state index is 0.0590. The molecule has 156 valence electrons. The average molecular weight is 428 g/mol. The fourth-order valence-electron chi connectivity index (χ4n) is 4.60. The van der Waals surface area contributed by atoms with Crippen LogP contribution in [0.15, 0.2) is 18.3 Å². The van der Waals surface area contributed by atoms with Gasteiger partial charge < -0.3 is 16.0 Å². The Labute approximate surface area is 179 Å². The molecule has 2 aliphatic rings. The molecule has 8 heteroatoms. The van der Waals surface area contributed by atoms with Crippen molar-refractivity contribution in [3.05, 3.63) is 40.3 Å². The third-order valence-corrected chi connectivity index (χ3v) is 6.74. The van der Waals surface area contributed by atoms with Gasteiger partial charge in [0.15, 0.2) is 0 Å². The van der Waals surface area contributed by atoms with Crippen LogP contribution < -0.4 is 11.1 Å². The highest BCUT2D eigenvalue weighted by molar-refractivity contribution is 6.34. The molecule has 1 fully saturated rings. The van der Waals surface area contributed by atoms with E-state index in [1.807, 2.05) is 0 Å². The number of pyridine rings is 1. The second-order valence-electron chi connectivity index (χ2n) is 8.34. The monoisotopic (exact) mass is 427 g/mol. The van der Waals surface area contributed by atoms with E-state index in [1.165, 1.54) is 23.2 Å². The summed E-state index contributed by atoms with van der Waals surface area (Å²) in [4.78, 5) is 18.3. The zero-order valence-corrected chi connectivity index (χ0v) is 17.7. The molecule has 4 rings (SSSR count). The third kappa shape index (κ3) is 3.07. The van der Waals surface area contributed by atoms with E-state index in [9.17, 15) is 10.1 Å². The van der Waals surface area contributed by atoms with Crippen LogP contribution in [0.2, 0.25) is 5.02 Å². The number of benzene rings is 1. The predicted molar refractivity (Wildman–Crippen MR) is 115 cm³/mol. The maximum atomic E-state index is 15.4. The van der Waals surface area contributed by atoms with Gasteiger partial charge in [-0.15, -0.1) is 0 Å². The molecule has 0 unspecified atom stereocenters. The summed E-state index contributed by atoms with van der Waals surface area (Å²) in [6.45, 7) is 0.700. The Kier molecular flexibility index (Phi) is 5.07. The Morgan fingerprint density at radius 3 is 2.70 bits per heavy atom. The molecular weight excluding hydrogens is 405 g/mol. The van der Waals surface area contributed by atoms with Crippen molar-refractivity contribution in [2.24, 2.45) is 5.92 Å². The molecule has 0 bridgehead atoms. The van der Waals surface area contributed by atoms with E-state index in [2.05, 4.69) is 16.4 Å². The van der Waals surface area contributed by atoms with Crippen molar-refractivity contribution in [1.82, 2.24) is 9.88 Å². The van der Waals surface area contributed by atoms with Crippen LogP contribution in [0, 0.1) is 23.1 Å². The fourth-order valence-corrected chi connectivity index (χ4v) is 5.04. The van der Waals surface area contributed by atoms with E-state index in [0.29, 0.717) is 22.9 Å². The lowest BCUT2D eigenvalue weighted by Gasteiger charge is -2.35. The van der Waals surface area contributed by atoms with E-state index in [-0.39, 0.29) is 28.1 Å². The molecule has 6 nitrogen and oxygen atoms in total. The molecule has 1 spiro atoms. The molecule has 1 aliphatic heterocycles. The number of nitrogen functional groups attached to an aromatic ring is 1. The second-order valence-corrected chi connectivity index (χ2v) is 8.72. The number of anilines is 2. The van der Waals surface area contributed by atoms with E-state index in [1.54, 1.807) is 14.1 Å². The van der Waals surface area contributed by atoms with Crippen molar-refractivity contribution < 1.29 is 9.18 Å². The summed E-state index contributed by atoms with van der Waals surface area (Å²) in [6, 6.07) is 5.41. The lowest BCUT2D eigenvalue weighted by molar-refractivity contribution is 0.0824. The van der Waals surface area contributed by atoms with Gasteiger partial charge in [0.2, 0.25) is 0 Å². The van der Waals surface area contributed by atoms with E-state index < -0.39 is 11.7 Å². The Morgan fingerprint density at radius 2 is 2.07 bits per heavy atom. The van der Waals surface area contributed by atoms with Gasteiger partial charge in [-0.3, -0.25) is 4.79 Å². The van der Waals surface area contributed by atoms with Gasteiger partial charge in [0, 0.05) is 60.5 Å².